The third-order valence-electron chi connectivity index (χ3n) is 3.24. The van der Waals surface area contributed by atoms with Crippen LogP contribution in [0.25, 0.3) is 0 Å². The molecule has 1 aliphatic carbocycles. The zero-order valence-corrected chi connectivity index (χ0v) is 9.72. The minimum absolute atomic E-state index is 0.763. The molecule has 1 atom stereocenters. The molecule has 0 amide bonds. The van der Waals surface area contributed by atoms with Gasteiger partial charge in [-0.1, -0.05) is 13.3 Å². The monoisotopic (exact) mass is 199 g/mol. The van der Waals surface area contributed by atoms with Crippen LogP contribution in [0.2, 0.25) is 0 Å². The summed E-state index contributed by atoms with van der Waals surface area (Å²) in [5.41, 5.74) is 0. The van der Waals surface area contributed by atoms with Crippen LogP contribution < -0.4 is 5.32 Å². The van der Waals surface area contributed by atoms with Gasteiger partial charge in [-0.05, 0) is 44.6 Å². The van der Waals surface area contributed by atoms with Gasteiger partial charge in [-0.3, -0.25) is 0 Å². The molecule has 1 fully saturated rings. The van der Waals surface area contributed by atoms with Gasteiger partial charge in [0.15, 0.2) is 0 Å². The van der Waals surface area contributed by atoms with Crippen molar-refractivity contribution >= 4 is 0 Å². The fraction of sp³-hybridized carbons (Fsp3) is 1.00. The van der Waals surface area contributed by atoms with E-state index >= 15 is 0 Å². The summed E-state index contributed by atoms with van der Waals surface area (Å²) in [7, 11) is 1.79. The minimum Gasteiger partial charge on any atom is -0.385 e. The lowest BCUT2D eigenvalue weighted by Gasteiger charge is -2.34. The summed E-state index contributed by atoms with van der Waals surface area (Å²) in [6.45, 7) is 4.32. The first-order valence-electron chi connectivity index (χ1n) is 6.10. The standard InChI is InChI=1S/C12H25NO/c1-3-9-13-12(8-5-10-14-2)11-6-4-7-11/h11-13H,3-10H2,1-2H3. The third kappa shape index (κ3) is 3.97. The zero-order chi connectivity index (χ0) is 10.2. The molecule has 1 unspecified atom stereocenters. The van der Waals surface area contributed by atoms with Gasteiger partial charge in [-0.25, -0.2) is 0 Å². The van der Waals surface area contributed by atoms with Crippen molar-refractivity contribution < 1.29 is 4.74 Å². The van der Waals surface area contributed by atoms with Crippen LogP contribution in [0.1, 0.15) is 45.4 Å². The highest BCUT2D eigenvalue weighted by Crippen LogP contribution is 2.31. The molecule has 0 aromatic rings. The fourth-order valence-electron chi connectivity index (χ4n) is 2.12. The van der Waals surface area contributed by atoms with Gasteiger partial charge in [0.05, 0.1) is 0 Å². The van der Waals surface area contributed by atoms with Crippen molar-refractivity contribution in [3.8, 4) is 0 Å². The van der Waals surface area contributed by atoms with Gasteiger partial charge in [0, 0.05) is 19.8 Å². The topological polar surface area (TPSA) is 21.3 Å². The van der Waals surface area contributed by atoms with Gasteiger partial charge < -0.3 is 10.1 Å². The predicted molar refractivity (Wildman–Crippen MR) is 60.5 cm³/mol. The number of hydrogen-bond acceptors (Lipinski definition) is 2. The van der Waals surface area contributed by atoms with E-state index in [1.54, 1.807) is 7.11 Å². The highest BCUT2D eigenvalue weighted by molar-refractivity contribution is 4.82. The Morgan fingerprint density at radius 1 is 1.43 bits per heavy atom. The molecule has 0 radical (unpaired) electrons. The molecule has 14 heavy (non-hydrogen) atoms. The molecule has 1 N–H and O–H groups in total. The van der Waals surface area contributed by atoms with Crippen molar-refractivity contribution in [1.29, 1.82) is 0 Å². The zero-order valence-electron chi connectivity index (χ0n) is 9.72. The molecule has 0 heterocycles. The molecule has 1 rings (SSSR count). The maximum Gasteiger partial charge on any atom is 0.0462 e. The van der Waals surface area contributed by atoms with E-state index in [1.165, 1.54) is 45.1 Å². The van der Waals surface area contributed by atoms with Crippen LogP contribution in [0, 0.1) is 5.92 Å². The van der Waals surface area contributed by atoms with Gasteiger partial charge in [0.2, 0.25) is 0 Å². The average Bonchev–Trinajstić information content (AvgIpc) is 2.11. The second kappa shape index (κ2) is 7.24. The van der Waals surface area contributed by atoms with E-state index in [9.17, 15) is 0 Å². The van der Waals surface area contributed by atoms with Crippen LogP contribution in [0.5, 0.6) is 0 Å². The summed E-state index contributed by atoms with van der Waals surface area (Å²) < 4.78 is 5.10. The Labute approximate surface area is 88.4 Å². The quantitative estimate of drug-likeness (QED) is 0.607. The summed E-state index contributed by atoms with van der Waals surface area (Å²) in [6.07, 6.45) is 8.06. The maximum absolute atomic E-state index is 5.10. The first-order chi connectivity index (χ1) is 6.88. The summed E-state index contributed by atoms with van der Waals surface area (Å²) >= 11 is 0. The van der Waals surface area contributed by atoms with Crippen LogP contribution >= 0.6 is 0 Å². The fourth-order valence-corrected chi connectivity index (χ4v) is 2.12. The molecule has 84 valence electrons. The molecular formula is C12H25NO. The molecule has 1 saturated carbocycles. The Kier molecular flexibility index (Phi) is 6.20. The molecule has 0 saturated heterocycles. The Morgan fingerprint density at radius 3 is 2.71 bits per heavy atom. The largest absolute Gasteiger partial charge is 0.385 e. The summed E-state index contributed by atoms with van der Waals surface area (Å²) in [5.74, 6) is 0.957. The van der Waals surface area contributed by atoms with Gasteiger partial charge in [0.1, 0.15) is 0 Å². The van der Waals surface area contributed by atoms with E-state index < -0.39 is 0 Å². The maximum atomic E-state index is 5.10. The van der Waals surface area contributed by atoms with Gasteiger partial charge in [-0.2, -0.15) is 0 Å². The number of rotatable bonds is 8. The van der Waals surface area contributed by atoms with Crippen molar-refractivity contribution in [2.24, 2.45) is 5.92 Å². The molecule has 0 aliphatic heterocycles. The summed E-state index contributed by atoms with van der Waals surface area (Å²) in [6, 6.07) is 0.763. The molecule has 0 aromatic heterocycles. The van der Waals surface area contributed by atoms with Crippen molar-refractivity contribution in [2.75, 3.05) is 20.3 Å². The van der Waals surface area contributed by atoms with Crippen LogP contribution in [-0.4, -0.2) is 26.3 Å². The molecule has 0 spiro atoms. The van der Waals surface area contributed by atoms with Crippen molar-refractivity contribution in [3.05, 3.63) is 0 Å². The van der Waals surface area contributed by atoms with Gasteiger partial charge in [-0.15, -0.1) is 0 Å². The first kappa shape index (κ1) is 12.0. The Morgan fingerprint density at radius 2 is 2.21 bits per heavy atom. The second-order valence-corrected chi connectivity index (χ2v) is 4.39. The number of nitrogens with one attached hydrogen (secondary N) is 1. The third-order valence-corrected chi connectivity index (χ3v) is 3.24. The number of methoxy groups -OCH3 is 1. The Bertz CT molecular complexity index is 134. The van der Waals surface area contributed by atoms with E-state index in [0.29, 0.717) is 0 Å². The molecular weight excluding hydrogens is 174 g/mol. The van der Waals surface area contributed by atoms with Crippen molar-refractivity contribution in [1.82, 2.24) is 5.32 Å². The Balaban J connectivity index is 2.14. The highest BCUT2D eigenvalue weighted by atomic mass is 16.5. The van der Waals surface area contributed by atoms with Crippen LogP contribution in [-0.2, 0) is 4.74 Å². The minimum atomic E-state index is 0.763. The lowest BCUT2D eigenvalue weighted by molar-refractivity contribution is 0.168. The predicted octanol–water partition coefficient (Wildman–Crippen LogP) is 2.58. The molecule has 1 aliphatic rings. The van der Waals surface area contributed by atoms with E-state index in [1.807, 2.05) is 0 Å². The first-order valence-corrected chi connectivity index (χ1v) is 6.10. The molecule has 0 bridgehead atoms. The number of hydrogen-bond donors (Lipinski definition) is 1. The molecule has 0 aromatic carbocycles. The summed E-state index contributed by atoms with van der Waals surface area (Å²) in [4.78, 5) is 0. The van der Waals surface area contributed by atoms with E-state index in [0.717, 1.165) is 18.6 Å². The second-order valence-electron chi connectivity index (χ2n) is 4.39. The van der Waals surface area contributed by atoms with Crippen molar-refractivity contribution in [2.45, 2.75) is 51.5 Å². The molecule has 2 nitrogen and oxygen atoms in total. The van der Waals surface area contributed by atoms with E-state index in [4.69, 9.17) is 4.74 Å². The lowest BCUT2D eigenvalue weighted by Crippen LogP contribution is -2.40. The Hall–Kier alpha value is -0.0800. The van der Waals surface area contributed by atoms with E-state index in [2.05, 4.69) is 12.2 Å². The average molecular weight is 199 g/mol. The van der Waals surface area contributed by atoms with Crippen molar-refractivity contribution in [3.63, 3.8) is 0 Å². The smallest absolute Gasteiger partial charge is 0.0462 e. The van der Waals surface area contributed by atoms with Gasteiger partial charge in [0.25, 0.3) is 0 Å². The highest BCUT2D eigenvalue weighted by Gasteiger charge is 2.25. The van der Waals surface area contributed by atoms with Crippen LogP contribution in [0.4, 0.5) is 0 Å². The SMILES string of the molecule is CCCNC(CCCOC)C1CCC1. The van der Waals surface area contributed by atoms with Crippen LogP contribution in [0.15, 0.2) is 0 Å². The normalized spacial score (nSPS) is 19.3. The van der Waals surface area contributed by atoms with Gasteiger partial charge >= 0.3 is 0 Å². The van der Waals surface area contributed by atoms with Crippen LogP contribution in [0.3, 0.4) is 0 Å². The summed E-state index contributed by atoms with van der Waals surface area (Å²) in [5, 5.41) is 3.67. The lowest BCUT2D eigenvalue weighted by atomic mass is 9.78. The van der Waals surface area contributed by atoms with E-state index in [-0.39, 0.29) is 0 Å². The number of ether oxygens (including phenoxy) is 1. The molecule has 2 heteroatoms.